The Kier molecular flexibility index (Phi) is 6.06. The molecule has 1 fully saturated rings. The molecule has 1 unspecified atom stereocenters. The van der Waals surface area contributed by atoms with Gasteiger partial charge < -0.3 is 15.5 Å². The lowest BCUT2D eigenvalue weighted by Gasteiger charge is -2.14. The third-order valence-corrected chi connectivity index (χ3v) is 3.95. The minimum atomic E-state index is -0.122. The molecule has 1 saturated carbocycles. The molecule has 2 rings (SSSR count). The van der Waals surface area contributed by atoms with Gasteiger partial charge in [0.05, 0.1) is 7.05 Å². The van der Waals surface area contributed by atoms with Crippen LogP contribution in [-0.4, -0.2) is 38.0 Å². The maximum Gasteiger partial charge on any atom is 0.275 e. The highest BCUT2D eigenvalue weighted by molar-refractivity contribution is 6.35. The Morgan fingerprint density at radius 2 is 1.91 bits per heavy atom. The minimum Gasteiger partial charge on any atom is -0.348 e. The van der Waals surface area contributed by atoms with Crippen LogP contribution < -0.4 is 15.5 Å². The van der Waals surface area contributed by atoms with Crippen LogP contribution in [-0.2, 0) is 16.1 Å². The number of hydrogen-bond donors (Lipinski definition) is 3. The van der Waals surface area contributed by atoms with Crippen molar-refractivity contribution in [3.05, 3.63) is 33.8 Å². The predicted octanol–water partition coefficient (Wildman–Crippen LogP) is 0.403. The lowest BCUT2D eigenvalue weighted by atomic mass is 10.2. The van der Waals surface area contributed by atoms with Crippen molar-refractivity contribution in [3.63, 3.8) is 0 Å². The molecule has 3 N–H and O–H groups in total. The molecule has 0 saturated heterocycles. The van der Waals surface area contributed by atoms with E-state index in [1.165, 1.54) is 0 Å². The molecule has 0 heterocycles. The number of benzene rings is 1. The van der Waals surface area contributed by atoms with Crippen molar-refractivity contribution in [2.45, 2.75) is 25.4 Å². The Morgan fingerprint density at radius 3 is 2.55 bits per heavy atom. The summed E-state index contributed by atoms with van der Waals surface area (Å²) in [4.78, 5) is 24.4. The van der Waals surface area contributed by atoms with Crippen LogP contribution in [0.3, 0.4) is 0 Å². The molecule has 1 aliphatic carbocycles. The van der Waals surface area contributed by atoms with Crippen molar-refractivity contribution in [3.8, 4) is 0 Å². The Bertz CT molecular complexity index is 562. The van der Waals surface area contributed by atoms with Crippen LogP contribution in [0.5, 0.6) is 0 Å². The molecule has 0 aromatic heterocycles. The average molecular weight is 345 g/mol. The Labute approximate surface area is 139 Å². The fraction of sp³-hybridized carbons (Fsp3) is 0.467. The third-order valence-electron chi connectivity index (χ3n) is 3.36. The second-order valence-electron chi connectivity index (χ2n) is 5.66. The van der Waals surface area contributed by atoms with E-state index in [4.69, 9.17) is 23.2 Å². The van der Waals surface area contributed by atoms with Crippen LogP contribution in [0, 0.1) is 0 Å². The van der Waals surface area contributed by atoms with Gasteiger partial charge in [-0.3, -0.25) is 9.59 Å². The van der Waals surface area contributed by atoms with E-state index >= 15 is 0 Å². The van der Waals surface area contributed by atoms with Gasteiger partial charge in [0.2, 0.25) is 0 Å². The number of rotatable bonds is 7. The first-order chi connectivity index (χ1) is 10.4. The molecule has 22 heavy (non-hydrogen) atoms. The molecule has 2 amide bonds. The number of halogens is 2. The Morgan fingerprint density at radius 1 is 1.23 bits per heavy atom. The maximum atomic E-state index is 11.9. The summed E-state index contributed by atoms with van der Waals surface area (Å²) in [5, 5.41) is 6.79. The molecule has 0 radical (unpaired) electrons. The van der Waals surface area contributed by atoms with E-state index in [1.807, 2.05) is 7.05 Å². The van der Waals surface area contributed by atoms with Gasteiger partial charge in [-0.05, 0) is 30.5 Å². The number of carbonyl (C=O) groups excluding carboxylic acids is 2. The van der Waals surface area contributed by atoms with E-state index in [9.17, 15) is 9.59 Å². The van der Waals surface area contributed by atoms with Crippen LogP contribution >= 0.6 is 23.2 Å². The first-order valence-electron chi connectivity index (χ1n) is 7.25. The number of carbonyl (C=O) groups is 2. The lowest BCUT2D eigenvalue weighted by Crippen LogP contribution is -3.11. The van der Waals surface area contributed by atoms with Gasteiger partial charge in [-0.25, -0.2) is 0 Å². The molecule has 0 spiro atoms. The summed E-state index contributed by atoms with van der Waals surface area (Å²) in [7, 11) is 1.82. The standard InChI is InChI=1S/C15H19Cl2N3O2/c1-20(9-15(22)19-12-4-5-12)8-14(21)18-7-10-2-3-11(16)6-13(10)17/h2-3,6,12H,4-5,7-9H2,1H3,(H,18,21)(H,19,22)/p+1. The maximum absolute atomic E-state index is 11.9. The second kappa shape index (κ2) is 7.81. The highest BCUT2D eigenvalue weighted by atomic mass is 35.5. The van der Waals surface area contributed by atoms with Gasteiger partial charge in [-0.2, -0.15) is 0 Å². The molecular formula is C15H20Cl2N3O2+. The van der Waals surface area contributed by atoms with Crippen LogP contribution in [0.25, 0.3) is 0 Å². The average Bonchev–Trinajstić information content (AvgIpc) is 3.21. The quantitative estimate of drug-likeness (QED) is 0.670. The van der Waals surface area contributed by atoms with Crippen molar-refractivity contribution in [2.24, 2.45) is 0 Å². The summed E-state index contributed by atoms with van der Waals surface area (Å²) >= 11 is 11.9. The van der Waals surface area contributed by atoms with Crippen LogP contribution in [0.4, 0.5) is 0 Å². The molecule has 0 bridgehead atoms. The topological polar surface area (TPSA) is 62.6 Å². The van der Waals surface area contributed by atoms with Crippen LogP contribution in [0.2, 0.25) is 10.0 Å². The highest BCUT2D eigenvalue weighted by Gasteiger charge is 2.24. The van der Waals surface area contributed by atoms with Gasteiger partial charge in [0.1, 0.15) is 0 Å². The summed E-state index contributed by atoms with van der Waals surface area (Å²) in [6, 6.07) is 5.50. The Balaban J connectivity index is 1.71. The van der Waals surface area contributed by atoms with Gasteiger partial charge in [0.25, 0.3) is 11.8 Å². The zero-order valence-corrected chi connectivity index (χ0v) is 13.9. The summed E-state index contributed by atoms with van der Waals surface area (Å²) in [6.07, 6.45) is 2.13. The van der Waals surface area contributed by atoms with Crippen LogP contribution in [0.15, 0.2) is 18.2 Å². The molecule has 1 aromatic carbocycles. The molecule has 5 nitrogen and oxygen atoms in total. The predicted molar refractivity (Wildman–Crippen MR) is 86.1 cm³/mol. The monoisotopic (exact) mass is 344 g/mol. The number of hydrogen-bond acceptors (Lipinski definition) is 2. The Hall–Kier alpha value is -1.30. The van der Waals surface area contributed by atoms with Gasteiger partial charge >= 0.3 is 0 Å². The van der Waals surface area contributed by atoms with Gasteiger partial charge in [0.15, 0.2) is 13.1 Å². The van der Waals surface area contributed by atoms with E-state index < -0.39 is 0 Å². The van der Waals surface area contributed by atoms with Crippen molar-refractivity contribution < 1.29 is 14.5 Å². The summed E-state index contributed by atoms with van der Waals surface area (Å²) in [5.74, 6) is -0.128. The first kappa shape index (κ1) is 17.1. The largest absolute Gasteiger partial charge is 0.348 e. The van der Waals surface area contributed by atoms with Crippen molar-refractivity contribution in [2.75, 3.05) is 20.1 Å². The first-order valence-corrected chi connectivity index (χ1v) is 8.01. The van der Waals surface area contributed by atoms with Gasteiger partial charge in [-0.15, -0.1) is 0 Å². The summed E-state index contributed by atoms with van der Waals surface area (Å²) in [5.41, 5.74) is 0.809. The van der Waals surface area contributed by atoms with E-state index in [2.05, 4.69) is 10.6 Å². The minimum absolute atomic E-state index is 0.00598. The van der Waals surface area contributed by atoms with Crippen molar-refractivity contribution in [1.82, 2.24) is 10.6 Å². The fourth-order valence-corrected chi connectivity index (χ4v) is 2.51. The van der Waals surface area contributed by atoms with E-state index in [1.54, 1.807) is 18.2 Å². The lowest BCUT2D eigenvalue weighted by molar-refractivity contribution is -0.862. The van der Waals surface area contributed by atoms with E-state index in [-0.39, 0.29) is 18.4 Å². The number of likely N-dealkylation sites (N-methyl/N-ethyl adjacent to an activating group) is 1. The zero-order chi connectivity index (χ0) is 16.1. The third kappa shape index (κ3) is 5.83. The normalized spacial score (nSPS) is 15.2. The second-order valence-corrected chi connectivity index (χ2v) is 6.51. The molecule has 7 heteroatoms. The smallest absolute Gasteiger partial charge is 0.275 e. The van der Waals surface area contributed by atoms with Gasteiger partial charge in [0, 0.05) is 22.6 Å². The van der Waals surface area contributed by atoms with E-state index in [0.29, 0.717) is 29.2 Å². The summed E-state index contributed by atoms with van der Waals surface area (Å²) in [6.45, 7) is 0.880. The molecule has 1 aliphatic rings. The van der Waals surface area contributed by atoms with E-state index in [0.717, 1.165) is 23.3 Å². The number of quaternary nitrogens is 1. The van der Waals surface area contributed by atoms with Crippen molar-refractivity contribution in [1.29, 1.82) is 0 Å². The van der Waals surface area contributed by atoms with Crippen LogP contribution in [0.1, 0.15) is 18.4 Å². The molecular weight excluding hydrogens is 325 g/mol. The van der Waals surface area contributed by atoms with Gasteiger partial charge in [-0.1, -0.05) is 29.3 Å². The molecule has 1 aromatic rings. The number of amides is 2. The molecule has 120 valence electrons. The fourth-order valence-electron chi connectivity index (χ4n) is 2.04. The van der Waals surface area contributed by atoms with Crippen molar-refractivity contribution >= 4 is 35.0 Å². The molecule has 1 atom stereocenters. The zero-order valence-electron chi connectivity index (χ0n) is 12.4. The summed E-state index contributed by atoms with van der Waals surface area (Å²) < 4.78 is 0. The highest BCUT2D eigenvalue weighted by Crippen LogP contribution is 2.20. The SMILES string of the molecule is C[NH+](CC(=O)NCc1ccc(Cl)cc1Cl)CC(=O)NC1CC1. The molecule has 0 aliphatic heterocycles. The number of nitrogens with one attached hydrogen (secondary N) is 3.